The second-order valence-corrected chi connectivity index (χ2v) is 3.82. The molecule has 0 aromatic heterocycles. The van der Waals surface area contributed by atoms with Gasteiger partial charge in [-0.3, -0.25) is 0 Å². The molecule has 0 radical (unpaired) electrons. The van der Waals surface area contributed by atoms with E-state index in [-0.39, 0.29) is 6.61 Å². The molecule has 3 nitrogen and oxygen atoms in total. The predicted molar refractivity (Wildman–Crippen MR) is 54.8 cm³/mol. The van der Waals surface area contributed by atoms with Gasteiger partial charge in [-0.05, 0) is 19.3 Å². The Morgan fingerprint density at radius 3 is 2.46 bits per heavy atom. The van der Waals surface area contributed by atoms with Crippen LogP contribution in [0.15, 0.2) is 0 Å². The predicted octanol–water partition coefficient (Wildman–Crippen LogP) is 1.02. The van der Waals surface area contributed by atoms with E-state index in [2.05, 4.69) is 26.1 Å². The minimum Gasteiger partial charge on any atom is -0.394 e. The summed E-state index contributed by atoms with van der Waals surface area (Å²) in [6.45, 7) is 8.74. The average molecular weight is 189 g/mol. The van der Waals surface area contributed by atoms with Gasteiger partial charge in [0.25, 0.3) is 0 Å². The standard InChI is InChI=1S/C10H23NO2/c1-9(2)8-10(3)11-4-6-13-7-5-12/h9-12H,4-8H2,1-3H3/t10-/m1/s1. The van der Waals surface area contributed by atoms with Crippen LogP contribution in [0.5, 0.6) is 0 Å². The quantitative estimate of drug-likeness (QED) is 0.560. The van der Waals surface area contributed by atoms with Gasteiger partial charge in [-0.15, -0.1) is 0 Å². The fraction of sp³-hybridized carbons (Fsp3) is 1.00. The van der Waals surface area contributed by atoms with Crippen molar-refractivity contribution in [2.45, 2.75) is 33.2 Å². The largest absolute Gasteiger partial charge is 0.394 e. The van der Waals surface area contributed by atoms with Crippen molar-refractivity contribution in [3.05, 3.63) is 0 Å². The summed E-state index contributed by atoms with van der Waals surface area (Å²) in [6.07, 6.45) is 1.19. The van der Waals surface area contributed by atoms with Crippen molar-refractivity contribution in [1.82, 2.24) is 5.32 Å². The number of aliphatic hydroxyl groups is 1. The van der Waals surface area contributed by atoms with Crippen LogP contribution in [0.2, 0.25) is 0 Å². The molecular weight excluding hydrogens is 166 g/mol. The highest BCUT2D eigenvalue weighted by atomic mass is 16.5. The molecule has 0 amide bonds. The third-order valence-electron chi connectivity index (χ3n) is 1.80. The van der Waals surface area contributed by atoms with Crippen molar-refractivity contribution in [2.75, 3.05) is 26.4 Å². The Labute approximate surface area is 81.5 Å². The number of rotatable bonds is 8. The van der Waals surface area contributed by atoms with E-state index in [4.69, 9.17) is 9.84 Å². The van der Waals surface area contributed by atoms with E-state index in [1.807, 2.05) is 0 Å². The van der Waals surface area contributed by atoms with Crippen molar-refractivity contribution < 1.29 is 9.84 Å². The van der Waals surface area contributed by atoms with Gasteiger partial charge < -0.3 is 15.2 Å². The Morgan fingerprint density at radius 2 is 1.92 bits per heavy atom. The lowest BCUT2D eigenvalue weighted by atomic mass is 10.1. The van der Waals surface area contributed by atoms with Crippen LogP contribution < -0.4 is 5.32 Å². The zero-order valence-electron chi connectivity index (χ0n) is 9.05. The molecule has 0 aliphatic carbocycles. The monoisotopic (exact) mass is 189 g/mol. The zero-order chi connectivity index (χ0) is 10.1. The van der Waals surface area contributed by atoms with Crippen LogP contribution in [0.4, 0.5) is 0 Å². The Kier molecular flexibility index (Phi) is 8.40. The number of hydrogen-bond donors (Lipinski definition) is 2. The molecule has 13 heavy (non-hydrogen) atoms. The maximum atomic E-state index is 8.45. The molecular formula is C10H23NO2. The van der Waals surface area contributed by atoms with Crippen molar-refractivity contribution >= 4 is 0 Å². The van der Waals surface area contributed by atoms with E-state index < -0.39 is 0 Å². The van der Waals surface area contributed by atoms with Crippen molar-refractivity contribution in [2.24, 2.45) is 5.92 Å². The minimum absolute atomic E-state index is 0.113. The molecule has 0 spiro atoms. The van der Waals surface area contributed by atoms with Crippen LogP contribution in [0.3, 0.4) is 0 Å². The Hall–Kier alpha value is -0.120. The van der Waals surface area contributed by atoms with E-state index in [0.717, 1.165) is 12.5 Å². The first-order valence-electron chi connectivity index (χ1n) is 5.08. The van der Waals surface area contributed by atoms with Crippen molar-refractivity contribution in [1.29, 1.82) is 0 Å². The first-order valence-corrected chi connectivity index (χ1v) is 5.08. The van der Waals surface area contributed by atoms with Crippen LogP contribution in [-0.2, 0) is 4.74 Å². The molecule has 0 saturated heterocycles. The first kappa shape index (κ1) is 12.9. The molecule has 0 aliphatic heterocycles. The summed E-state index contributed by atoms with van der Waals surface area (Å²) >= 11 is 0. The topological polar surface area (TPSA) is 41.5 Å². The van der Waals surface area contributed by atoms with E-state index in [9.17, 15) is 0 Å². The third kappa shape index (κ3) is 9.80. The molecule has 0 unspecified atom stereocenters. The van der Waals surface area contributed by atoms with Crippen LogP contribution in [0, 0.1) is 5.92 Å². The summed E-state index contributed by atoms with van der Waals surface area (Å²) in [5.74, 6) is 0.737. The third-order valence-corrected chi connectivity index (χ3v) is 1.80. The SMILES string of the molecule is CC(C)C[C@@H](C)NCCOCCO. The highest BCUT2D eigenvalue weighted by Gasteiger charge is 2.02. The molecule has 2 N–H and O–H groups in total. The maximum Gasteiger partial charge on any atom is 0.0698 e. The summed E-state index contributed by atoms with van der Waals surface area (Å²) < 4.78 is 5.13. The van der Waals surface area contributed by atoms with Gasteiger partial charge in [0.2, 0.25) is 0 Å². The fourth-order valence-corrected chi connectivity index (χ4v) is 1.33. The number of nitrogens with one attached hydrogen (secondary N) is 1. The maximum absolute atomic E-state index is 8.45. The number of hydrogen-bond acceptors (Lipinski definition) is 3. The molecule has 1 atom stereocenters. The highest BCUT2D eigenvalue weighted by Crippen LogP contribution is 2.02. The van der Waals surface area contributed by atoms with E-state index in [0.29, 0.717) is 19.3 Å². The lowest BCUT2D eigenvalue weighted by Gasteiger charge is -2.15. The van der Waals surface area contributed by atoms with Crippen LogP contribution >= 0.6 is 0 Å². The van der Waals surface area contributed by atoms with Gasteiger partial charge in [-0.1, -0.05) is 13.8 Å². The fourth-order valence-electron chi connectivity index (χ4n) is 1.33. The first-order chi connectivity index (χ1) is 6.16. The molecule has 0 aromatic rings. The molecule has 3 heteroatoms. The second-order valence-electron chi connectivity index (χ2n) is 3.82. The normalized spacial score (nSPS) is 13.6. The number of aliphatic hydroxyl groups excluding tert-OH is 1. The van der Waals surface area contributed by atoms with Crippen molar-refractivity contribution in [3.8, 4) is 0 Å². The lowest BCUT2D eigenvalue weighted by molar-refractivity contribution is 0.0925. The summed E-state index contributed by atoms with van der Waals surface area (Å²) in [4.78, 5) is 0. The van der Waals surface area contributed by atoms with Crippen molar-refractivity contribution in [3.63, 3.8) is 0 Å². The Morgan fingerprint density at radius 1 is 1.23 bits per heavy atom. The molecule has 80 valence electrons. The molecule has 0 aliphatic rings. The van der Waals surface area contributed by atoms with E-state index >= 15 is 0 Å². The van der Waals surface area contributed by atoms with Crippen LogP contribution in [0.25, 0.3) is 0 Å². The summed E-state index contributed by atoms with van der Waals surface area (Å²) in [6, 6.07) is 0.553. The van der Waals surface area contributed by atoms with Crippen LogP contribution in [-0.4, -0.2) is 37.5 Å². The molecule has 0 saturated carbocycles. The number of ether oxygens (including phenoxy) is 1. The van der Waals surface area contributed by atoms with Gasteiger partial charge in [-0.2, -0.15) is 0 Å². The summed E-state index contributed by atoms with van der Waals surface area (Å²) in [5, 5.41) is 11.8. The molecule has 0 heterocycles. The van der Waals surface area contributed by atoms with Crippen LogP contribution in [0.1, 0.15) is 27.2 Å². The molecule has 0 fully saturated rings. The smallest absolute Gasteiger partial charge is 0.0698 e. The minimum atomic E-state index is 0.113. The molecule has 0 bridgehead atoms. The van der Waals surface area contributed by atoms with Gasteiger partial charge >= 0.3 is 0 Å². The van der Waals surface area contributed by atoms with Gasteiger partial charge in [-0.25, -0.2) is 0 Å². The highest BCUT2D eigenvalue weighted by molar-refractivity contribution is 4.61. The Balaban J connectivity index is 3.12. The summed E-state index contributed by atoms with van der Waals surface area (Å²) in [7, 11) is 0. The summed E-state index contributed by atoms with van der Waals surface area (Å²) in [5.41, 5.74) is 0. The Bertz CT molecular complexity index is 107. The van der Waals surface area contributed by atoms with E-state index in [1.54, 1.807) is 0 Å². The molecule has 0 aromatic carbocycles. The zero-order valence-corrected chi connectivity index (χ0v) is 9.05. The van der Waals surface area contributed by atoms with Gasteiger partial charge in [0, 0.05) is 12.6 Å². The van der Waals surface area contributed by atoms with Gasteiger partial charge in [0.1, 0.15) is 0 Å². The van der Waals surface area contributed by atoms with E-state index in [1.165, 1.54) is 6.42 Å². The lowest BCUT2D eigenvalue weighted by Crippen LogP contribution is -2.30. The second kappa shape index (κ2) is 8.48. The van der Waals surface area contributed by atoms with Gasteiger partial charge in [0.15, 0.2) is 0 Å². The van der Waals surface area contributed by atoms with Gasteiger partial charge in [0.05, 0.1) is 19.8 Å². The molecule has 0 rings (SSSR count). The average Bonchev–Trinajstić information content (AvgIpc) is 2.02.